The van der Waals surface area contributed by atoms with Crippen LogP contribution in [-0.4, -0.2) is 28.8 Å². The molecule has 1 aliphatic rings. The first-order chi connectivity index (χ1) is 9.84. The van der Waals surface area contributed by atoms with Gasteiger partial charge < -0.3 is 14.6 Å². The summed E-state index contributed by atoms with van der Waals surface area (Å²) in [7, 11) is 2.04. The highest BCUT2D eigenvalue weighted by molar-refractivity contribution is 5.78. The van der Waals surface area contributed by atoms with Gasteiger partial charge in [0.2, 0.25) is 5.95 Å². The normalized spacial score (nSPS) is 16.6. The lowest BCUT2D eigenvalue weighted by Gasteiger charge is -2.22. The summed E-state index contributed by atoms with van der Waals surface area (Å²) in [6.07, 6.45) is 6.95. The summed E-state index contributed by atoms with van der Waals surface area (Å²) in [5.74, 6) is 0.915. The highest BCUT2D eigenvalue weighted by atomic mass is 16.5. The molecular weight excluding hydrogens is 250 g/mol. The molecule has 20 heavy (non-hydrogen) atoms. The zero-order valence-electron chi connectivity index (χ0n) is 12.1. The number of aryl methyl sites for hydroxylation is 1. The molecule has 1 aliphatic carbocycles. The van der Waals surface area contributed by atoms with Gasteiger partial charge in [0.1, 0.15) is 0 Å². The molecule has 0 bridgehead atoms. The van der Waals surface area contributed by atoms with Crippen LogP contribution in [0.15, 0.2) is 24.3 Å². The number of anilines is 1. The quantitative estimate of drug-likeness (QED) is 0.849. The van der Waals surface area contributed by atoms with Crippen LogP contribution < -0.4 is 5.32 Å². The Balaban J connectivity index is 1.51. The highest BCUT2D eigenvalue weighted by Gasteiger charge is 2.13. The van der Waals surface area contributed by atoms with Gasteiger partial charge in [-0.3, -0.25) is 0 Å². The minimum absolute atomic E-state index is 0.478. The fourth-order valence-electron chi connectivity index (χ4n) is 2.92. The van der Waals surface area contributed by atoms with Crippen molar-refractivity contribution in [1.82, 2.24) is 9.55 Å². The van der Waals surface area contributed by atoms with Gasteiger partial charge >= 0.3 is 0 Å². The first-order valence-corrected chi connectivity index (χ1v) is 7.61. The number of imidazole rings is 1. The van der Waals surface area contributed by atoms with Crippen molar-refractivity contribution in [2.45, 2.75) is 38.2 Å². The van der Waals surface area contributed by atoms with Crippen LogP contribution in [0.2, 0.25) is 0 Å². The van der Waals surface area contributed by atoms with Crippen LogP contribution in [0.1, 0.15) is 32.1 Å². The molecule has 0 amide bonds. The maximum absolute atomic E-state index is 5.92. The van der Waals surface area contributed by atoms with Crippen molar-refractivity contribution in [3.8, 4) is 0 Å². The summed E-state index contributed by atoms with van der Waals surface area (Å²) in [5.41, 5.74) is 2.19. The van der Waals surface area contributed by atoms with Gasteiger partial charge in [0.15, 0.2) is 0 Å². The Morgan fingerprint density at radius 2 is 2.05 bits per heavy atom. The summed E-state index contributed by atoms with van der Waals surface area (Å²) in [5, 5.41) is 3.37. The molecule has 1 aromatic carbocycles. The number of hydrogen-bond acceptors (Lipinski definition) is 3. The lowest BCUT2D eigenvalue weighted by atomic mass is 9.98. The van der Waals surface area contributed by atoms with E-state index in [1.807, 2.05) is 25.2 Å². The van der Waals surface area contributed by atoms with Crippen LogP contribution in [-0.2, 0) is 11.8 Å². The number of nitrogens with zero attached hydrogens (tertiary/aromatic N) is 2. The van der Waals surface area contributed by atoms with E-state index in [1.165, 1.54) is 32.1 Å². The van der Waals surface area contributed by atoms with Crippen molar-refractivity contribution in [2.24, 2.45) is 7.05 Å². The number of benzene rings is 1. The second kappa shape index (κ2) is 6.27. The van der Waals surface area contributed by atoms with Gasteiger partial charge in [-0.15, -0.1) is 0 Å². The molecule has 1 aromatic heterocycles. The van der Waals surface area contributed by atoms with E-state index in [9.17, 15) is 0 Å². The third-order valence-electron chi connectivity index (χ3n) is 4.08. The number of fused-ring (bicyclic) bond motifs is 1. The third-order valence-corrected chi connectivity index (χ3v) is 4.08. The maximum atomic E-state index is 5.92. The van der Waals surface area contributed by atoms with Crippen LogP contribution >= 0.6 is 0 Å². The van der Waals surface area contributed by atoms with Crippen LogP contribution in [0.25, 0.3) is 11.0 Å². The molecule has 1 fully saturated rings. The molecule has 4 heteroatoms. The molecule has 0 unspecified atom stereocenters. The van der Waals surface area contributed by atoms with E-state index in [2.05, 4.69) is 20.9 Å². The monoisotopic (exact) mass is 273 g/mol. The fraction of sp³-hybridized carbons (Fsp3) is 0.562. The van der Waals surface area contributed by atoms with Crippen LogP contribution in [0.4, 0.5) is 5.95 Å². The van der Waals surface area contributed by atoms with Gasteiger partial charge in [-0.2, -0.15) is 0 Å². The molecule has 0 spiro atoms. The Morgan fingerprint density at radius 3 is 2.85 bits per heavy atom. The molecule has 1 saturated carbocycles. The van der Waals surface area contributed by atoms with E-state index in [1.54, 1.807) is 0 Å². The molecule has 3 rings (SSSR count). The van der Waals surface area contributed by atoms with E-state index in [0.29, 0.717) is 6.10 Å². The molecule has 1 N–H and O–H groups in total. The van der Waals surface area contributed by atoms with E-state index >= 15 is 0 Å². The molecule has 108 valence electrons. The van der Waals surface area contributed by atoms with Crippen LogP contribution in [0, 0.1) is 0 Å². The predicted octanol–water partition coefficient (Wildman–Crippen LogP) is 3.33. The summed E-state index contributed by atoms with van der Waals surface area (Å²) < 4.78 is 8.01. The van der Waals surface area contributed by atoms with Gasteiger partial charge in [0.05, 0.1) is 23.7 Å². The third kappa shape index (κ3) is 2.96. The summed E-state index contributed by atoms with van der Waals surface area (Å²) >= 11 is 0. The minimum Gasteiger partial charge on any atom is -0.376 e. The topological polar surface area (TPSA) is 39.1 Å². The Hall–Kier alpha value is -1.55. The van der Waals surface area contributed by atoms with E-state index < -0.39 is 0 Å². The second-order valence-corrected chi connectivity index (χ2v) is 5.54. The first-order valence-electron chi connectivity index (χ1n) is 7.61. The maximum Gasteiger partial charge on any atom is 0.203 e. The molecule has 0 aliphatic heterocycles. The first kappa shape index (κ1) is 13.4. The van der Waals surface area contributed by atoms with Gasteiger partial charge in [0, 0.05) is 13.6 Å². The van der Waals surface area contributed by atoms with Gasteiger partial charge in [-0.05, 0) is 25.0 Å². The second-order valence-electron chi connectivity index (χ2n) is 5.54. The fourth-order valence-corrected chi connectivity index (χ4v) is 2.92. The smallest absolute Gasteiger partial charge is 0.203 e. The van der Waals surface area contributed by atoms with Crippen LogP contribution in [0.5, 0.6) is 0 Å². The van der Waals surface area contributed by atoms with Gasteiger partial charge in [-0.1, -0.05) is 31.4 Å². The number of rotatable bonds is 5. The van der Waals surface area contributed by atoms with Crippen molar-refractivity contribution in [3.63, 3.8) is 0 Å². The highest BCUT2D eigenvalue weighted by Crippen LogP contribution is 2.20. The zero-order valence-corrected chi connectivity index (χ0v) is 12.1. The summed E-state index contributed by atoms with van der Waals surface area (Å²) in [4.78, 5) is 4.59. The number of nitrogens with one attached hydrogen (secondary N) is 1. The van der Waals surface area contributed by atoms with Crippen molar-refractivity contribution in [2.75, 3.05) is 18.5 Å². The number of hydrogen-bond donors (Lipinski definition) is 1. The molecule has 4 nitrogen and oxygen atoms in total. The molecule has 1 heterocycles. The zero-order chi connectivity index (χ0) is 13.8. The molecule has 0 radical (unpaired) electrons. The van der Waals surface area contributed by atoms with Crippen molar-refractivity contribution in [1.29, 1.82) is 0 Å². The Kier molecular flexibility index (Phi) is 4.21. The molecule has 2 aromatic rings. The number of aromatic nitrogens is 2. The van der Waals surface area contributed by atoms with Crippen LogP contribution in [0.3, 0.4) is 0 Å². The Bertz CT molecular complexity index is 558. The Labute approximate surface area is 120 Å². The molecule has 0 saturated heterocycles. The minimum atomic E-state index is 0.478. The molecular formula is C16H23N3O. The standard InChI is InChI=1S/C16H23N3O/c1-19-15-10-6-5-9-14(15)18-16(19)17-11-12-20-13-7-3-2-4-8-13/h5-6,9-10,13H,2-4,7-8,11-12H2,1H3,(H,17,18). The lowest BCUT2D eigenvalue weighted by molar-refractivity contribution is 0.0347. The average Bonchev–Trinajstić information content (AvgIpc) is 2.82. The van der Waals surface area contributed by atoms with E-state index in [-0.39, 0.29) is 0 Å². The summed E-state index contributed by atoms with van der Waals surface area (Å²) in [6, 6.07) is 8.19. The van der Waals surface area contributed by atoms with Gasteiger partial charge in [-0.25, -0.2) is 4.98 Å². The van der Waals surface area contributed by atoms with Crippen molar-refractivity contribution < 1.29 is 4.74 Å². The average molecular weight is 273 g/mol. The van der Waals surface area contributed by atoms with E-state index in [0.717, 1.165) is 30.1 Å². The summed E-state index contributed by atoms with van der Waals surface area (Å²) in [6.45, 7) is 1.57. The van der Waals surface area contributed by atoms with Gasteiger partial charge in [0.25, 0.3) is 0 Å². The van der Waals surface area contributed by atoms with E-state index in [4.69, 9.17) is 4.74 Å². The Morgan fingerprint density at radius 1 is 1.25 bits per heavy atom. The number of para-hydroxylation sites is 2. The lowest BCUT2D eigenvalue weighted by Crippen LogP contribution is -2.21. The number of ether oxygens (including phenoxy) is 1. The SMILES string of the molecule is Cn1c(NCCOC2CCCCC2)nc2ccccc21. The largest absolute Gasteiger partial charge is 0.376 e. The van der Waals surface area contributed by atoms with Crippen molar-refractivity contribution >= 4 is 17.0 Å². The molecule has 0 atom stereocenters. The predicted molar refractivity (Wildman–Crippen MR) is 82.0 cm³/mol. The van der Waals surface area contributed by atoms with Crippen molar-refractivity contribution in [3.05, 3.63) is 24.3 Å².